The highest BCUT2D eigenvalue weighted by molar-refractivity contribution is 5.74. The highest BCUT2D eigenvalue weighted by atomic mass is 16.7. The first kappa shape index (κ1) is 48.1. The molecule has 2 amide bonds. The van der Waals surface area contributed by atoms with Crippen molar-refractivity contribution >= 4 is 18.2 Å². The van der Waals surface area contributed by atoms with E-state index in [0.29, 0.717) is 24.8 Å². The Balaban J connectivity index is 1.35. The van der Waals surface area contributed by atoms with Crippen molar-refractivity contribution < 1.29 is 52.6 Å². The fraction of sp³-hybridized carbons (Fsp3) is 0.660. The standard InChI is InChI=1S/C47H69N5O11/c1-12-37-47(9)40(50-45(56)63-47)30(5)35(18-21-57-44(55)48-24-33-14-16-34(17-15-33)52-20-13-19-49-52)28(3)23-46(8)41(62-43-38(53)36(51(10)11)22-29(4)60-43)31(6)39(32(7)42(54)61-37)58-25-27(2)26-59-46/h13-20,28-32,36-41,43,53H,2,12,21-26H2,1,3-11H3,(H,48,55)(H,50,56)/b35-18+/t28-,29-,30+,31+,32-,36+,37-,38-,39?,40?,41-,43?,46-,47-/m1/s1. The molecule has 348 valence electrons. The number of carbonyl (C=O) groups is 3. The zero-order valence-corrected chi connectivity index (χ0v) is 38.6. The van der Waals surface area contributed by atoms with E-state index in [1.165, 1.54) is 0 Å². The average molecular weight is 880 g/mol. The minimum absolute atomic E-state index is 0.0808. The molecule has 5 heterocycles. The van der Waals surface area contributed by atoms with Gasteiger partial charge in [0.1, 0.15) is 18.8 Å². The Hall–Kier alpha value is -4.32. The van der Waals surface area contributed by atoms with E-state index < -0.39 is 83.9 Å². The number of aliphatic hydroxyl groups is 1. The number of rotatable bonds is 9. The van der Waals surface area contributed by atoms with Crippen LogP contribution in [0.2, 0.25) is 0 Å². The van der Waals surface area contributed by atoms with Crippen molar-refractivity contribution in [1.29, 1.82) is 0 Å². The summed E-state index contributed by atoms with van der Waals surface area (Å²) in [5, 5.41) is 21.9. The highest BCUT2D eigenvalue weighted by Crippen LogP contribution is 2.44. The lowest BCUT2D eigenvalue weighted by molar-refractivity contribution is -0.302. The van der Waals surface area contributed by atoms with Crippen LogP contribution in [-0.2, 0) is 44.5 Å². The van der Waals surface area contributed by atoms with Gasteiger partial charge in [-0.2, -0.15) is 5.10 Å². The quantitative estimate of drug-likeness (QED) is 0.159. The van der Waals surface area contributed by atoms with Crippen LogP contribution in [-0.4, -0.2) is 132 Å². The number of amides is 2. The van der Waals surface area contributed by atoms with Crippen molar-refractivity contribution in [2.45, 2.75) is 141 Å². The first-order valence-electron chi connectivity index (χ1n) is 22.3. The van der Waals surface area contributed by atoms with E-state index in [1.54, 1.807) is 24.7 Å². The number of esters is 1. The summed E-state index contributed by atoms with van der Waals surface area (Å²) < 4.78 is 46.7. The lowest BCUT2D eigenvalue weighted by atomic mass is 9.71. The topological polar surface area (TPSA) is 181 Å². The lowest BCUT2D eigenvalue weighted by Gasteiger charge is -2.49. The third kappa shape index (κ3) is 10.8. The van der Waals surface area contributed by atoms with Crippen LogP contribution in [0.25, 0.3) is 5.69 Å². The number of alkyl carbamates (subject to hydrolysis) is 2. The Kier molecular flexibility index (Phi) is 15.5. The predicted octanol–water partition coefficient (Wildman–Crippen LogP) is 5.70. The Bertz CT molecular complexity index is 1930. The molecule has 0 radical (unpaired) electrons. The SMILES string of the molecule is C=C1COC2[C@@H](C)C(=O)O[C@H](CC)[C@@]3(C)OC(=O)NC3[C@@H](C)/C(=C/COC(=O)NCc3ccc(-n4cccn4)cc3)[C@H](C)C[C@@](C)(OC1)[C@H](OC1O[C@H](C)C[C@H](N(C)C)[C@H]1O)[C@H]2C. The first-order valence-corrected chi connectivity index (χ1v) is 22.3. The van der Waals surface area contributed by atoms with Gasteiger partial charge in [-0.15, -0.1) is 0 Å². The Labute approximate surface area is 371 Å². The molecule has 1 aromatic heterocycles. The van der Waals surface area contributed by atoms with Gasteiger partial charge in [0.05, 0.1) is 54.8 Å². The molecular weight excluding hydrogens is 811 g/mol. The van der Waals surface area contributed by atoms with Gasteiger partial charge >= 0.3 is 18.2 Å². The van der Waals surface area contributed by atoms with Gasteiger partial charge in [-0.1, -0.05) is 52.0 Å². The normalized spacial score (nSPS) is 37.5. The number of ether oxygens (including phenoxy) is 7. The maximum absolute atomic E-state index is 14.4. The second kappa shape index (κ2) is 20.2. The molecular formula is C47H69N5O11. The molecule has 4 aliphatic heterocycles. The summed E-state index contributed by atoms with van der Waals surface area (Å²) >= 11 is 0. The van der Waals surface area contributed by atoms with Crippen molar-refractivity contribution in [3.8, 4) is 5.69 Å². The summed E-state index contributed by atoms with van der Waals surface area (Å²) in [6, 6.07) is 8.64. The van der Waals surface area contributed by atoms with E-state index in [2.05, 4.69) is 29.2 Å². The molecule has 4 saturated heterocycles. The third-order valence-electron chi connectivity index (χ3n) is 13.6. The number of benzene rings is 1. The van der Waals surface area contributed by atoms with Crippen LogP contribution in [0, 0.1) is 23.7 Å². The molecule has 1 aromatic carbocycles. The summed E-state index contributed by atoms with van der Waals surface area (Å²) in [5.41, 5.74) is 0.937. The van der Waals surface area contributed by atoms with E-state index in [9.17, 15) is 19.5 Å². The van der Waals surface area contributed by atoms with Crippen LogP contribution in [0.15, 0.2) is 66.5 Å². The largest absolute Gasteiger partial charge is 0.458 e. The number of aromatic nitrogens is 2. The van der Waals surface area contributed by atoms with Crippen LogP contribution in [0.3, 0.4) is 0 Å². The molecule has 0 spiro atoms. The van der Waals surface area contributed by atoms with Crippen LogP contribution in [0.4, 0.5) is 9.59 Å². The Morgan fingerprint density at radius 3 is 2.51 bits per heavy atom. The van der Waals surface area contributed by atoms with Crippen molar-refractivity contribution in [2.24, 2.45) is 23.7 Å². The molecule has 16 nitrogen and oxygen atoms in total. The number of fused-ring (bicyclic) bond motifs is 4. The Morgan fingerprint density at radius 2 is 1.84 bits per heavy atom. The van der Waals surface area contributed by atoms with Crippen LogP contribution in [0.5, 0.6) is 0 Å². The molecule has 0 saturated carbocycles. The minimum Gasteiger partial charge on any atom is -0.458 e. The number of cyclic esters (lactones) is 1. The van der Waals surface area contributed by atoms with Gasteiger partial charge < -0.3 is 53.8 Å². The molecule has 63 heavy (non-hydrogen) atoms. The van der Waals surface area contributed by atoms with Crippen molar-refractivity contribution in [3.63, 3.8) is 0 Å². The van der Waals surface area contributed by atoms with E-state index in [1.807, 2.05) is 96.2 Å². The Morgan fingerprint density at radius 1 is 1.11 bits per heavy atom. The number of hydrogen-bond acceptors (Lipinski definition) is 13. The van der Waals surface area contributed by atoms with Gasteiger partial charge in [0, 0.05) is 36.8 Å². The molecule has 0 aliphatic carbocycles. The fourth-order valence-electron chi connectivity index (χ4n) is 10.1. The highest BCUT2D eigenvalue weighted by Gasteiger charge is 2.57. The summed E-state index contributed by atoms with van der Waals surface area (Å²) in [5.74, 6) is -2.54. The van der Waals surface area contributed by atoms with Gasteiger partial charge in [-0.25, -0.2) is 14.3 Å². The molecule has 4 fully saturated rings. The number of aliphatic hydroxyl groups excluding tert-OH is 1. The van der Waals surface area contributed by atoms with E-state index in [4.69, 9.17) is 33.2 Å². The zero-order valence-electron chi connectivity index (χ0n) is 38.6. The maximum Gasteiger partial charge on any atom is 0.408 e. The number of hydrogen-bond donors (Lipinski definition) is 3. The number of likely N-dealkylation sites (N-methyl/N-ethyl adjacent to an activating group) is 1. The summed E-state index contributed by atoms with van der Waals surface area (Å²) in [6.45, 7) is 20.1. The second-order valence-corrected chi connectivity index (χ2v) is 18.6. The fourth-order valence-corrected chi connectivity index (χ4v) is 10.1. The van der Waals surface area contributed by atoms with Crippen LogP contribution < -0.4 is 10.6 Å². The van der Waals surface area contributed by atoms with Gasteiger partial charge in [-0.05, 0) is 102 Å². The molecule has 2 aromatic rings. The number of nitrogens with zero attached hydrogens (tertiary/aromatic N) is 3. The minimum atomic E-state index is -1.27. The maximum atomic E-state index is 14.4. The predicted molar refractivity (Wildman–Crippen MR) is 234 cm³/mol. The molecule has 16 heteroatoms. The van der Waals surface area contributed by atoms with Gasteiger partial charge in [0.25, 0.3) is 0 Å². The molecule has 2 bridgehead atoms. The molecule has 14 atom stereocenters. The van der Waals surface area contributed by atoms with Crippen molar-refractivity contribution in [2.75, 3.05) is 33.9 Å². The summed E-state index contributed by atoms with van der Waals surface area (Å²) in [6.07, 6.45) is 0.942. The zero-order chi connectivity index (χ0) is 45.8. The number of carbonyl (C=O) groups excluding carboxylic acids is 3. The van der Waals surface area contributed by atoms with E-state index in [-0.39, 0.29) is 44.4 Å². The average Bonchev–Trinajstić information content (AvgIpc) is 3.90. The smallest absolute Gasteiger partial charge is 0.408 e. The third-order valence-corrected chi connectivity index (χ3v) is 13.6. The van der Waals surface area contributed by atoms with Crippen LogP contribution in [0.1, 0.15) is 80.2 Å². The van der Waals surface area contributed by atoms with E-state index in [0.717, 1.165) is 16.8 Å². The lowest BCUT2D eigenvalue weighted by Crippen LogP contribution is -2.60. The van der Waals surface area contributed by atoms with Crippen molar-refractivity contribution in [1.82, 2.24) is 25.3 Å². The monoisotopic (exact) mass is 879 g/mol. The summed E-state index contributed by atoms with van der Waals surface area (Å²) in [7, 11) is 3.84. The second-order valence-electron chi connectivity index (χ2n) is 18.6. The molecule has 3 unspecified atom stereocenters. The van der Waals surface area contributed by atoms with Crippen molar-refractivity contribution in [3.05, 3.63) is 72.1 Å². The summed E-state index contributed by atoms with van der Waals surface area (Å²) in [4.78, 5) is 42.7. The number of nitrogens with one attached hydrogen (secondary N) is 2. The molecule has 6 rings (SSSR count). The van der Waals surface area contributed by atoms with Crippen LogP contribution >= 0.6 is 0 Å². The molecule has 4 aliphatic rings. The van der Waals surface area contributed by atoms with Gasteiger partial charge in [0.2, 0.25) is 0 Å². The van der Waals surface area contributed by atoms with Gasteiger partial charge in [0.15, 0.2) is 11.9 Å². The van der Waals surface area contributed by atoms with E-state index >= 15 is 0 Å². The first-order chi connectivity index (χ1) is 29.8. The van der Waals surface area contributed by atoms with Gasteiger partial charge in [-0.3, -0.25) is 4.79 Å². The molecule has 3 N–H and O–H groups in total.